The molecule has 0 radical (unpaired) electrons. The van der Waals surface area contributed by atoms with Crippen molar-refractivity contribution in [1.82, 2.24) is 5.32 Å². The van der Waals surface area contributed by atoms with E-state index < -0.39 is 24.0 Å². The first-order valence-corrected chi connectivity index (χ1v) is 5.69. The summed E-state index contributed by atoms with van der Waals surface area (Å²) in [6.07, 6.45) is 0. The standard InChI is InChI=1S/C12H15N3O5/c1-6-7(10(16)17)3-2-4-9(6)15-12(20)14-5-8(13)11(18)19/h2-4,8H,5,13H2,1H3,(H,16,17)(H,18,19)(H2,14,15,20). The Bertz CT molecular complexity index is 544. The van der Waals surface area contributed by atoms with Gasteiger partial charge in [-0.05, 0) is 24.6 Å². The van der Waals surface area contributed by atoms with Crippen LogP contribution < -0.4 is 16.4 Å². The lowest BCUT2D eigenvalue weighted by Crippen LogP contribution is -2.43. The van der Waals surface area contributed by atoms with E-state index in [9.17, 15) is 14.4 Å². The SMILES string of the molecule is Cc1c(NC(=O)NCC(N)C(=O)O)cccc1C(=O)O. The van der Waals surface area contributed by atoms with Crippen LogP contribution in [0.15, 0.2) is 18.2 Å². The first-order chi connectivity index (χ1) is 9.32. The molecule has 0 saturated carbocycles. The molecule has 0 spiro atoms. The summed E-state index contributed by atoms with van der Waals surface area (Å²) in [5.41, 5.74) is 6.03. The number of aliphatic carboxylic acids is 1. The van der Waals surface area contributed by atoms with E-state index in [4.69, 9.17) is 15.9 Å². The molecule has 0 bridgehead atoms. The zero-order valence-electron chi connectivity index (χ0n) is 10.7. The number of hydrogen-bond donors (Lipinski definition) is 5. The van der Waals surface area contributed by atoms with Crippen molar-refractivity contribution >= 4 is 23.7 Å². The molecule has 20 heavy (non-hydrogen) atoms. The number of rotatable bonds is 5. The number of carboxylic acids is 2. The molecule has 0 fully saturated rings. The number of amides is 2. The van der Waals surface area contributed by atoms with Gasteiger partial charge in [-0.15, -0.1) is 0 Å². The Morgan fingerprint density at radius 2 is 1.95 bits per heavy atom. The average Bonchev–Trinajstić information content (AvgIpc) is 2.37. The van der Waals surface area contributed by atoms with Crippen LogP contribution in [0.3, 0.4) is 0 Å². The van der Waals surface area contributed by atoms with Gasteiger partial charge in [0.2, 0.25) is 0 Å². The second-order valence-electron chi connectivity index (χ2n) is 4.06. The van der Waals surface area contributed by atoms with Crippen LogP contribution in [-0.2, 0) is 4.79 Å². The lowest BCUT2D eigenvalue weighted by Gasteiger charge is -2.12. The molecule has 6 N–H and O–H groups in total. The molecule has 0 aromatic heterocycles. The third kappa shape index (κ3) is 3.95. The molecule has 1 atom stereocenters. The predicted octanol–water partition coefficient (Wildman–Crippen LogP) is 0.227. The highest BCUT2D eigenvalue weighted by molar-refractivity contribution is 5.95. The Kier molecular flexibility index (Phi) is 5.04. The smallest absolute Gasteiger partial charge is 0.336 e. The number of anilines is 1. The molecule has 8 heteroatoms. The first-order valence-electron chi connectivity index (χ1n) is 5.69. The van der Waals surface area contributed by atoms with Crippen LogP contribution in [0.1, 0.15) is 15.9 Å². The summed E-state index contributed by atoms with van der Waals surface area (Å²) >= 11 is 0. The number of benzene rings is 1. The van der Waals surface area contributed by atoms with Gasteiger partial charge in [0.25, 0.3) is 0 Å². The van der Waals surface area contributed by atoms with Gasteiger partial charge in [-0.3, -0.25) is 4.79 Å². The zero-order chi connectivity index (χ0) is 15.3. The normalized spacial score (nSPS) is 11.5. The molecule has 108 valence electrons. The Morgan fingerprint density at radius 3 is 2.50 bits per heavy atom. The number of carboxylic acid groups (broad SMARTS) is 2. The quantitative estimate of drug-likeness (QED) is 0.523. The third-order valence-corrected chi connectivity index (χ3v) is 2.61. The second-order valence-corrected chi connectivity index (χ2v) is 4.06. The van der Waals surface area contributed by atoms with Gasteiger partial charge in [0.15, 0.2) is 0 Å². The number of carbonyl (C=O) groups excluding carboxylic acids is 1. The van der Waals surface area contributed by atoms with Gasteiger partial charge >= 0.3 is 18.0 Å². The minimum atomic E-state index is -1.23. The lowest BCUT2D eigenvalue weighted by atomic mass is 10.1. The van der Waals surface area contributed by atoms with E-state index in [1.807, 2.05) is 0 Å². The fourth-order valence-electron chi connectivity index (χ4n) is 1.46. The van der Waals surface area contributed by atoms with Gasteiger partial charge in [0.05, 0.1) is 5.56 Å². The summed E-state index contributed by atoms with van der Waals surface area (Å²) in [7, 11) is 0. The van der Waals surface area contributed by atoms with Crippen molar-refractivity contribution in [3.05, 3.63) is 29.3 Å². The van der Waals surface area contributed by atoms with Gasteiger partial charge in [-0.2, -0.15) is 0 Å². The number of hydrogen-bond acceptors (Lipinski definition) is 4. The average molecular weight is 281 g/mol. The number of aromatic carboxylic acids is 1. The maximum Gasteiger partial charge on any atom is 0.336 e. The summed E-state index contributed by atoms with van der Waals surface area (Å²) in [6.45, 7) is 1.32. The molecular formula is C12H15N3O5. The van der Waals surface area contributed by atoms with Gasteiger partial charge in [0, 0.05) is 12.2 Å². The zero-order valence-corrected chi connectivity index (χ0v) is 10.7. The fraction of sp³-hybridized carbons (Fsp3) is 0.250. The van der Waals surface area contributed by atoms with E-state index in [-0.39, 0.29) is 12.1 Å². The number of urea groups is 1. The van der Waals surface area contributed by atoms with Crippen LogP contribution in [0.2, 0.25) is 0 Å². The van der Waals surface area contributed by atoms with Crippen LogP contribution in [0.4, 0.5) is 10.5 Å². The minimum absolute atomic E-state index is 0.0741. The molecule has 0 saturated heterocycles. The van der Waals surface area contributed by atoms with Gasteiger partial charge in [0.1, 0.15) is 6.04 Å². The topological polar surface area (TPSA) is 142 Å². The Morgan fingerprint density at radius 1 is 1.30 bits per heavy atom. The van der Waals surface area contributed by atoms with Crippen molar-refractivity contribution in [3.8, 4) is 0 Å². The van der Waals surface area contributed by atoms with E-state index in [1.165, 1.54) is 12.1 Å². The fourth-order valence-corrected chi connectivity index (χ4v) is 1.46. The molecule has 0 aliphatic rings. The van der Waals surface area contributed by atoms with Crippen molar-refractivity contribution in [3.63, 3.8) is 0 Å². The summed E-state index contributed by atoms with van der Waals surface area (Å²) in [6, 6.07) is 2.59. The molecule has 2 amide bonds. The highest BCUT2D eigenvalue weighted by atomic mass is 16.4. The third-order valence-electron chi connectivity index (χ3n) is 2.61. The number of carbonyl (C=O) groups is 3. The lowest BCUT2D eigenvalue weighted by molar-refractivity contribution is -0.138. The molecule has 1 unspecified atom stereocenters. The van der Waals surface area contributed by atoms with Crippen molar-refractivity contribution in [2.24, 2.45) is 5.73 Å². The van der Waals surface area contributed by atoms with Gasteiger partial charge in [-0.1, -0.05) is 6.07 Å². The maximum absolute atomic E-state index is 11.6. The van der Waals surface area contributed by atoms with Crippen molar-refractivity contribution in [2.45, 2.75) is 13.0 Å². The minimum Gasteiger partial charge on any atom is -0.480 e. The molecule has 1 aromatic rings. The van der Waals surface area contributed by atoms with E-state index >= 15 is 0 Å². The summed E-state index contributed by atoms with van der Waals surface area (Å²) in [5.74, 6) is -2.33. The molecule has 0 heterocycles. The van der Waals surface area contributed by atoms with E-state index in [0.717, 1.165) is 0 Å². The van der Waals surface area contributed by atoms with E-state index in [0.29, 0.717) is 11.3 Å². The molecular weight excluding hydrogens is 266 g/mol. The van der Waals surface area contributed by atoms with Crippen LogP contribution in [-0.4, -0.2) is 40.8 Å². The summed E-state index contributed by atoms with van der Waals surface area (Å²) < 4.78 is 0. The van der Waals surface area contributed by atoms with Crippen molar-refractivity contribution in [1.29, 1.82) is 0 Å². The second kappa shape index (κ2) is 6.53. The number of nitrogens with one attached hydrogen (secondary N) is 2. The van der Waals surface area contributed by atoms with Gasteiger partial charge in [-0.25, -0.2) is 9.59 Å². The predicted molar refractivity (Wildman–Crippen MR) is 70.8 cm³/mol. The maximum atomic E-state index is 11.6. The molecule has 8 nitrogen and oxygen atoms in total. The Balaban J connectivity index is 2.69. The largest absolute Gasteiger partial charge is 0.480 e. The van der Waals surface area contributed by atoms with Crippen LogP contribution in [0.5, 0.6) is 0 Å². The monoisotopic (exact) mass is 281 g/mol. The highest BCUT2D eigenvalue weighted by Gasteiger charge is 2.14. The van der Waals surface area contributed by atoms with Crippen molar-refractivity contribution < 1.29 is 24.6 Å². The molecule has 0 aliphatic heterocycles. The highest BCUT2D eigenvalue weighted by Crippen LogP contribution is 2.18. The molecule has 0 aliphatic carbocycles. The van der Waals surface area contributed by atoms with Crippen LogP contribution in [0, 0.1) is 6.92 Å². The summed E-state index contributed by atoms with van der Waals surface area (Å²) in [4.78, 5) is 33.0. The number of nitrogens with two attached hydrogens (primary N) is 1. The first kappa shape index (κ1) is 15.4. The van der Waals surface area contributed by atoms with Crippen molar-refractivity contribution in [2.75, 3.05) is 11.9 Å². The Labute approximate surface area is 114 Å². The Hall–Kier alpha value is -2.61. The van der Waals surface area contributed by atoms with Gasteiger partial charge < -0.3 is 26.6 Å². The van der Waals surface area contributed by atoms with E-state index in [2.05, 4.69) is 10.6 Å². The van der Waals surface area contributed by atoms with E-state index in [1.54, 1.807) is 13.0 Å². The molecule has 1 rings (SSSR count). The summed E-state index contributed by atoms with van der Waals surface area (Å²) in [5, 5.41) is 22.2. The molecule has 1 aromatic carbocycles. The van der Waals surface area contributed by atoms with Crippen LogP contribution >= 0.6 is 0 Å². The van der Waals surface area contributed by atoms with Crippen LogP contribution in [0.25, 0.3) is 0 Å².